The third kappa shape index (κ3) is 3.01. The Morgan fingerprint density at radius 2 is 2.28 bits per heavy atom. The third-order valence-corrected chi connectivity index (χ3v) is 3.34. The van der Waals surface area contributed by atoms with E-state index in [2.05, 4.69) is 27.2 Å². The maximum absolute atomic E-state index is 10.6. The van der Waals surface area contributed by atoms with Crippen molar-refractivity contribution in [3.8, 4) is 0 Å². The molecule has 0 aromatic carbocycles. The number of carbonyl (C=O) groups is 1. The number of anilines is 1. The van der Waals surface area contributed by atoms with Crippen LogP contribution in [0.5, 0.6) is 0 Å². The highest BCUT2D eigenvalue weighted by Crippen LogP contribution is 2.17. The monoisotopic (exact) mass is 264 g/mol. The van der Waals surface area contributed by atoms with Crippen molar-refractivity contribution in [1.29, 1.82) is 0 Å². The Bertz CT molecular complexity index is 512. The first kappa shape index (κ1) is 12.4. The summed E-state index contributed by atoms with van der Waals surface area (Å²) in [5.74, 6) is -0.250. The van der Waals surface area contributed by atoms with Gasteiger partial charge in [0, 0.05) is 24.0 Å². The molecule has 0 fully saturated rings. The van der Waals surface area contributed by atoms with Crippen molar-refractivity contribution in [1.82, 2.24) is 15.0 Å². The van der Waals surface area contributed by atoms with E-state index in [9.17, 15) is 4.79 Å². The molecule has 0 aliphatic carbocycles. The zero-order chi connectivity index (χ0) is 13.0. The lowest BCUT2D eigenvalue weighted by molar-refractivity contribution is 0.0690. The summed E-state index contributed by atoms with van der Waals surface area (Å²) >= 11 is 1.61. The van der Waals surface area contributed by atoms with Crippen LogP contribution >= 0.6 is 11.3 Å². The summed E-state index contributed by atoms with van der Waals surface area (Å²) in [5.41, 5.74) is -0.0616. The summed E-state index contributed by atoms with van der Waals surface area (Å²) in [6.07, 6.45) is 4.43. The van der Waals surface area contributed by atoms with E-state index in [1.807, 2.05) is 5.38 Å². The summed E-state index contributed by atoms with van der Waals surface area (Å²) in [5, 5.41) is 14.8. The van der Waals surface area contributed by atoms with E-state index >= 15 is 0 Å². The number of thiazole rings is 1. The van der Waals surface area contributed by atoms with Gasteiger partial charge >= 0.3 is 5.97 Å². The predicted octanol–water partition coefficient (Wildman–Crippen LogP) is 1.85. The van der Waals surface area contributed by atoms with Crippen LogP contribution in [0.3, 0.4) is 0 Å². The molecule has 18 heavy (non-hydrogen) atoms. The van der Waals surface area contributed by atoms with E-state index < -0.39 is 5.97 Å². The highest BCUT2D eigenvalue weighted by atomic mass is 32.1. The molecule has 94 valence electrons. The molecule has 0 radical (unpaired) electrons. The highest BCUT2D eigenvalue weighted by molar-refractivity contribution is 7.09. The van der Waals surface area contributed by atoms with Crippen LogP contribution in [0.2, 0.25) is 0 Å². The van der Waals surface area contributed by atoms with Crippen molar-refractivity contribution in [3.05, 3.63) is 34.7 Å². The summed E-state index contributed by atoms with van der Waals surface area (Å²) in [6.45, 7) is 2.74. The molecule has 0 saturated carbocycles. The van der Waals surface area contributed by atoms with Crippen molar-refractivity contribution < 1.29 is 9.90 Å². The average molecular weight is 264 g/mol. The van der Waals surface area contributed by atoms with Gasteiger partial charge in [0.1, 0.15) is 5.82 Å². The van der Waals surface area contributed by atoms with E-state index in [0.717, 1.165) is 5.01 Å². The number of carboxylic acids is 1. The van der Waals surface area contributed by atoms with E-state index in [1.165, 1.54) is 12.4 Å². The van der Waals surface area contributed by atoms with Crippen molar-refractivity contribution in [2.75, 3.05) is 11.9 Å². The smallest absolute Gasteiger partial charge is 0.356 e. The molecule has 6 nitrogen and oxygen atoms in total. The first-order valence-corrected chi connectivity index (χ1v) is 6.23. The molecule has 2 rings (SSSR count). The standard InChI is InChI=1S/C11H12N4O2S/c1-7(10-12-2-3-18-10)4-14-9-6-13-8(5-15-9)11(16)17/h2-3,5-7H,4H2,1H3,(H,14,15)(H,16,17). The minimum Gasteiger partial charge on any atom is -0.476 e. The fraction of sp³-hybridized carbons (Fsp3) is 0.273. The zero-order valence-electron chi connectivity index (χ0n) is 9.70. The number of aromatic nitrogens is 3. The molecular formula is C11H12N4O2S. The van der Waals surface area contributed by atoms with Crippen molar-refractivity contribution >= 4 is 23.1 Å². The average Bonchev–Trinajstić information content (AvgIpc) is 2.90. The summed E-state index contributed by atoms with van der Waals surface area (Å²) in [4.78, 5) is 22.6. The van der Waals surface area contributed by atoms with Crippen LogP contribution in [0.1, 0.15) is 28.3 Å². The Kier molecular flexibility index (Phi) is 3.83. The topological polar surface area (TPSA) is 88.0 Å². The molecule has 0 bridgehead atoms. The Hall–Kier alpha value is -2.02. The van der Waals surface area contributed by atoms with Crippen molar-refractivity contribution in [2.45, 2.75) is 12.8 Å². The van der Waals surface area contributed by atoms with E-state index in [-0.39, 0.29) is 11.6 Å². The molecule has 2 N–H and O–H groups in total. The van der Waals surface area contributed by atoms with Gasteiger partial charge in [0.2, 0.25) is 0 Å². The Morgan fingerprint density at radius 3 is 2.83 bits per heavy atom. The second kappa shape index (κ2) is 5.54. The molecule has 0 spiro atoms. The van der Waals surface area contributed by atoms with E-state index in [0.29, 0.717) is 12.4 Å². The van der Waals surface area contributed by atoms with Gasteiger partial charge in [-0.05, 0) is 0 Å². The van der Waals surface area contributed by atoms with E-state index in [1.54, 1.807) is 17.5 Å². The Morgan fingerprint density at radius 1 is 1.44 bits per heavy atom. The van der Waals surface area contributed by atoms with Crippen molar-refractivity contribution in [3.63, 3.8) is 0 Å². The largest absolute Gasteiger partial charge is 0.476 e. The number of nitrogens with zero attached hydrogens (tertiary/aromatic N) is 3. The number of carboxylic acid groups (broad SMARTS) is 1. The molecule has 2 aromatic rings. The maximum atomic E-state index is 10.6. The van der Waals surface area contributed by atoms with Crippen molar-refractivity contribution in [2.24, 2.45) is 0 Å². The van der Waals surface area contributed by atoms with E-state index in [4.69, 9.17) is 5.11 Å². The van der Waals surface area contributed by atoms with Crippen LogP contribution < -0.4 is 5.32 Å². The van der Waals surface area contributed by atoms with Crippen LogP contribution in [-0.4, -0.2) is 32.6 Å². The zero-order valence-corrected chi connectivity index (χ0v) is 10.5. The Labute approximate surface area is 108 Å². The molecule has 2 aromatic heterocycles. The van der Waals surface area contributed by atoms with Crippen LogP contribution in [0.4, 0.5) is 5.82 Å². The summed E-state index contributed by atoms with van der Waals surface area (Å²) in [7, 11) is 0. The number of aromatic carboxylic acids is 1. The number of rotatable bonds is 5. The third-order valence-electron chi connectivity index (χ3n) is 2.33. The van der Waals surface area contributed by atoms with Gasteiger partial charge in [0.05, 0.1) is 17.4 Å². The van der Waals surface area contributed by atoms with Gasteiger partial charge in [0.25, 0.3) is 0 Å². The highest BCUT2D eigenvalue weighted by Gasteiger charge is 2.09. The van der Waals surface area contributed by atoms with Crippen LogP contribution in [0.25, 0.3) is 0 Å². The molecule has 7 heteroatoms. The van der Waals surface area contributed by atoms with Crippen LogP contribution in [0.15, 0.2) is 24.0 Å². The molecule has 2 heterocycles. The molecule has 0 saturated heterocycles. The normalized spacial score (nSPS) is 12.1. The maximum Gasteiger partial charge on any atom is 0.356 e. The molecule has 1 atom stereocenters. The number of hydrogen-bond donors (Lipinski definition) is 2. The van der Waals surface area contributed by atoms with Gasteiger partial charge in [-0.1, -0.05) is 6.92 Å². The number of hydrogen-bond acceptors (Lipinski definition) is 6. The molecule has 0 aliphatic rings. The molecular weight excluding hydrogens is 252 g/mol. The Balaban J connectivity index is 1.92. The fourth-order valence-electron chi connectivity index (χ4n) is 1.35. The lowest BCUT2D eigenvalue weighted by atomic mass is 10.2. The molecule has 0 amide bonds. The van der Waals surface area contributed by atoms with Gasteiger partial charge < -0.3 is 10.4 Å². The SMILES string of the molecule is CC(CNc1cnc(C(=O)O)cn1)c1nccs1. The summed E-state index contributed by atoms with van der Waals surface area (Å²) in [6, 6.07) is 0. The van der Waals surface area contributed by atoms with Gasteiger partial charge in [-0.2, -0.15) is 0 Å². The second-order valence-electron chi connectivity index (χ2n) is 3.74. The lowest BCUT2D eigenvalue weighted by Crippen LogP contribution is -2.11. The number of nitrogens with one attached hydrogen (secondary N) is 1. The van der Waals surface area contributed by atoms with Crippen LogP contribution in [-0.2, 0) is 0 Å². The second-order valence-corrected chi connectivity index (χ2v) is 4.67. The summed E-state index contributed by atoms with van der Waals surface area (Å²) < 4.78 is 0. The lowest BCUT2D eigenvalue weighted by Gasteiger charge is -2.10. The quantitative estimate of drug-likeness (QED) is 0.856. The van der Waals surface area contributed by atoms with Gasteiger partial charge in [0.15, 0.2) is 5.69 Å². The minimum atomic E-state index is -1.08. The van der Waals surface area contributed by atoms with Gasteiger partial charge in [-0.15, -0.1) is 11.3 Å². The van der Waals surface area contributed by atoms with Gasteiger partial charge in [-0.3, -0.25) is 0 Å². The predicted molar refractivity (Wildman–Crippen MR) is 68.0 cm³/mol. The molecule has 0 aliphatic heterocycles. The first-order valence-electron chi connectivity index (χ1n) is 5.35. The van der Waals surface area contributed by atoms with Crippen LogP contribution in [0, 0.1) is 0 Å². The minimum absolute atomic E-state index is 0.0616. The fourth-order valence-corrected chi connectivity index (χ4v) is 2.05. The molecule has 1 unspecified atom stereocenters. The van der Waals surface area contributed by atoms with Gasteiger partial charge in [-0.25, -0.2) is 19.7 Å². The first-order chi connectivity index (χ1) is 8.66.